The van der Waals surface area contributed by atoms with Gasteiger partial charge in [-0.3, -0.25) is 4.79 Å². The molecule has 0 aromatic carbocycles. The molecule has 14 heavy (non-hydrogen) atoms. The number of hydrogen-bond donors (Lipinski definition) is 0. The summed E-state index contributed by atoms with van der Waals surface area (Å²) in [6, 6.07) is 6.82. The summed E-state index contributed by atoms with van der Waals surface area (Å²) in [7, 11) is 0. The van der Waals surface area contributed by atoms with Crippen molar-refractivity contribution in [3.63, 3.8) is 0 Å². The van der Waals surface area contributed by atoms with E-state index in [1.54, 1.807) is 30.6 Å². The number of pyridine rings is 1. The number of nitrogens with zero attached hydrogens (tertiary/aromatic N) is 1. The fraction of sp³-hybridized carbons (Fsp3) is 0. The number of carbonyl (C=O) groups excluding carboxylic acids is 1. The maximum Gasteiger partial charge on any atom is 0.272 e. The van der Waals surface area contributed by atoms with Crippen LogP contribution in [0.25, 0.3) is 11.3 Å². The van der Waals surface area contributed by atoms with Crippen molar-refractivity contribution < 1.29 is 9.21 Å². The topological polar surface area (TPSA) is 43.1 Å². The molecule has 0 spiro atoms. The Morgan fingerprint density at radius 1 is 1.36 bits per heavy atom. The normalized spacial score (nSPS) is 10.1. The van der Waals surface area contributed by atoms with Crippen LogP contribution in [-0.2, 0) is 4.79 Å². The lowest BCUT2D eigenvalue weighted by atomic mass is 10.2. The van der Waals surface area contributed by atoms with Gasteiger partial charge in [0, 0.05) is 0 Å². The van der Waals surface area contributed by atoms with E-state index in [0.717, 1.165) is 0 Å². The fourth-order valence-corrected chi connectivity index (χ4v) is 1.31. The largest absolute Gasteiger partial charge is 0.460 e. The number of hydrogen-bond acceptors (Lipinski definition) is 3. The van der Waals surface area contributed by atoms with Crippen LogP contribution < -0.4 is 0 Å². The summed E-state index contributed by atoms with van der Waals surface area (Å²) < 4.78 is 4.90. The average Bonchev–Trinajstić information content (AvgIpc) is 2.65. The van der Waals surface area contributed by atoms with Crippen molar-refractivity contribution in [2.75, 3.05) is 0 Å². The first-order valence-corrected chi connectivity index (χ1v) is 4.27. The van der Waals surface area contributed by atoms with Crippen LogP contribution in [0.2, 0.25) is 5.15 Å². The van der Waals surface area contributed by atoms with Crippen LogP contribution in [0.4, 0.5) is 0 Å². The van der Waals surface area contributed by atoms with Crippen molar-refractivity contribution in [1.82, 2.24) is 4.98 Å². The van der Waals surface area contributed by atoms with E-state index >= 15 is 0 Å². The van der Waals surface area contributed by atoms with E-state index < -0.39 is 0 Å². The highest BCUT2D eigenvalue weighted by Gasteiger charge is 2.09. The minimum absolute atomic E-state index is 0.139. The number of aromatic nitrogens is 1. The molecule has 0 bridgehead atoms. The van der Waals surface area contributed by atoms with E-state index in [4.69, 9.17) is 16.0 Å². The number of halogens is 1. The first-order valence-electron chi connectivity index (χ1n) is 3.90. The smallest absolute Gasteiger partial charge is 0.272 e. The zero-order chi connectivity index (χ0) is 9.97. The van der Waals surface area contributed by atoms with Gasteiger partial charge < -0.3 is 4.42 Å². The molecule has 0 saturated heterocycles. The maximum atomic E-state index is 10.5. The van der Waals surface area contributed by atoms with Gasteiger partial charge in [-0.15, -0.1) is 0 Å². The Balaban J connectivity index is 2.54. The minimum atomic E-state index is 0.139. The van der Waals surface area contributed by atoms with Gasteiger partial charge in [0.2, 0.25) is 0 Å². The average molecular weight is 207 g/mol. The van der Waals surface area contributed by atoms with Gasteiger partial charge in [0.1, 0.15) is 5.15 Å². The van der Waals surface area contributed by atoms with Crippen molar-refractivity contribution >= 4 is 17.9 Å². The third-order valence-electron chi connectivity index (χ3n) is 1.75. The van der Waals surface area contributed by atoms with Crippen molar-refractivity contribution in [3.05, 3.63) is 41.4 Å². The Morgan fingerprint density at radius 3 is 2.93 bits per heavy atom. The summed E-state index contributed by atoms with van der Waals surface area (Å²) in [5, 5.41) is 0.376. The van der Waals surface area contributed by atoms with Gasteiger partial charge in [0.05, 0.1) is 17.5 Å². The molecule has 0 N–H and O–H groups in total. The molecular weight excluding hydrogens is 202 g/mol. The molecule has 69 valence electrons. The van der Waals surface area contributed by atoms with Crippen molar-refractivity contribution in [2.45, 2.75) is 0 Å². The van der Waals surface area contributed by atoms with Gasteiger partial charge >= 0.3 is 0 Å². The lowest BCUT2D eigenvalue weighted by Gasteiger charge is -1.96. The van der Waals surface area contributed by atoms with Gasteiger partial charge in [0.25, 0.3) is 6.29 Å². The molecule has 1 radical (unpaired) electrons. The number of furan rings is 1. The maximum absolute atomic E-state index is 10.5. The van der Waals surface area contributed by atoms with Gasteiger partial charge in [-0.1, -0.05) is 17.7 Å². The molecule has 0 unspecified atom stereocenters. The minimum Gasteiger partial charge on any atom is -0.460 e. The zero-order valence-electron chi connectivity index (χ0n) is 7.03. The summed E-state index contributed by atoms with van der Waals surface area (Å²) in [4.78, 5) is 14.5. The highest BCUT2D eigenvalue weighted by atomic mass is 35.5. The lowest BCUT2D eigenvalue weighted by Crippen LogP contribution is -1.85. The molecule has 0 aliphatic heterocycles. The van der Waals surface area contributed by atoms with Crippen LogP contribution in [0.15, 0.2) is 34.9 Å². The summed E-state index contributed by atoms with van der Waals surface area (Å²) in [5.41, 5.74) is 1.20. The predicted octanol–water partition coefficient (Wildman–Crippen LogP) is 2.45. The quantitative estimate of drug-likeness (QED) is 0.709. The molecule has 3 nitrogen and oxygen atoms in total. The van der Waals surface area contributed by atoms with Crippen molar-refractivity contribution in [2.24, 2.45) is 0 Å². The Morgan fingerprint density at radius 2 is 2.21 bits per heavy atom. The second kappa shape index (κ2) is 3.64. The van der Waals surface area contributed by atoms with Crippen LogP contribution in [0.1, 0.15) is 5.76 Å². The molecule has 0 amide bonds. The van der Waals surface area contributed by atoms with Crippen LogP contribution in [-0.4, -0.2) is 11.3 Å². The fourth-order valence-electron chi connectivity index (χ4n) is 1.15. The molecule has 0 aliphatic rings. The predicted molar refractivity (Wildman–Crippen MR) is 51.7 cm³/mol. The molecule has 0 atom stereocenters. The molecule has 2 aromatic heterocycles. The summed E-state index contributed by atoms with van der Waals surface area (Å²) >= 11 is 5.72. The Labute approximate surface area is 85.3 Å². The second-order valence-electron chi connectivity index (χ2n) is 2.61. The van der Waals surface area contributed by atoms with Crippen LogP contribution in [0.3, 0.4) is 0 Å². The van der Waals surface area contributed by atoms with Crippen molar-refractivity contribution in [3.8, 4) is 11.3 Å². The summed E-state index contributed by atoms with van der Waals surface area (Å²) in [6.45, 7) is 0. The van der Waals surface area contributed by atoms with Gasteiger partial charge in [-0.25, -0.2) is 4.98 Å². The van der Waals surface area contributed by atoms with E-state index in [0.29, 0.717) is 16.4 Å². The molecule has 2 heterocycles. The highest BCUT2D eigenvalue weighted by Crippen LogP contribution is 2.22. The van der Waals surface area contributed by atoms with Crippen LogP contribution in [0.5, 0.6) is 0 Å². The van der Waals surface area contributed by atoms with Gasteiger partial charge in [0.15, 0.2) is 5.76 Å². The molecule has 0 fully saturated rings. The van der Waals surface area contributed by atoms with Gasteiger partial charge in [-0.05, 0) is 18.2 Å². The first kappa shape index (κ1) is 8.97. The second-order valence-corrected chi connectivity index (χ2v) is 3.00. The monoisotopic (exact) mass is 206 g/mol. The first-order chi connectivity index (χ1) is 6.81. The molecule has 2 rings (SSSR count). The van der Waals surface area contributed by atoms with Crippen LogP contribution >= 0.6 is 11.6 Å². The van der Waals surface area contributed by atoms with Crippen molar-refractivity contribution in [1.29, 1.82) is 0 Å². The Bertz CT molecular complexity index is 465. The molecular formula is C10H5ClNO2. The standard InChI is InChI=1S/C10H5ClNO2/c11-10-3-1-2-8(12-10)7-4-5-14-9(7)6-13/h1-5H. The third-order valence-corrected chi connectivity index (χ3v) is 1.96. The van der Waals surface area contributed by atoms with E-state index in [1.807, 2.05) is 0 Å². The molecule has 0 saturated carbocycles. The molecule has 4 heteroatoms. The van der Waals surface area contributed by atoms with Crippen LogP contribution in [0, 0.1) is 0 Å². The highest BCUT2D eigenvalue weighted by molar-refractivity contribution is 6.29. The summed E-state index contributed by atoms with van der Waals surface area (Å²) in [6.07, 6.45) is 3.11. The SMILES string of the molecule is O=[C]c1occc1-c1cccc(Cl)n1. The third kappa shape index (κ3) is 1.54. The summed E-state index contributed by atoms with van der Waals surface area (Å²) in [5.74, 6) is 0.139. The van der Waals surface area contributed by atoms with E-state index in [1.165, 1.54) is 6.26 Å². The Hall–Kier alpha value is -1.61. The van der Waals surface area contributed by atoms with Gasteiger partial charge in [-0.2, -0.15) is 0 Å². The van der Waals surface area contributed by atoms with E-state index in [2.05, 4.69) is 4.98 Å². The zero-order valence-corrected chi connectivity index (χ0v) is 7.78. The molecule has 2 aromatic rings. The lowest BCUT2D eigenvalue weighted by molar-refractivity contribution is 0.519. The van der Waals surface area contributed by atoms with E-state index in [-0.39, 0.29) is 5.76 Å². The van der Waals surface area contributed by atoms with E-state index in [9.17, 15) is 4.79 Å². The molecule has 0 aliphatic carbocycles. The number of rotatable bonds is 2. The Kier molecular flexibility index (Phi) is 2.33.